The minimum Gasteiger partial charge on any atom is -0.496 e. The highest BCUT2D eigenvalue weighted by atomic mass is 19.1. The molecule has 0 atom stereocenters. The third kappa shape index (κ3) is 4.54. The van der Waals surface area contributed by atoms with Crippen LogP contribution in [0, 0.1) is 5.82 Å². The first-order valence-electron chi connectivity index (χ1n) is 10.7. The number of anilines is 1. The second kappa shape index (κ2) is 9.30. The van der Waals surface area contributed by atoms with Crippen molar-refractivity contribution >= 4 is 17.4 Å². The van der Waals surface area contributed by atoms with Crippen molar-refractivity contribution in [3.8, 4) is 17.1 Å². The van der Waals surface area contributed by atoms with Crippen molar-refractivity contribution in [2.24, 2.45) is 0 Å². The Morgan fingerprint density at radius 2 is 1.97 bits per heavy atom. The summed E-state index contributed by atoms with van der Waals surface area (Å²) in [4.78, 5) is 24.4. The Kier molecular flexibility index (Phi) is 6.30. The summed E-state index contributed by atoms with van der Waals surface area (Å²) in [5.74, 6) is 1.03. The number of carbonyl (C=O) groups excluding carboxylic acids is 2. The van der Waals surface area contributed by atoms with Crippen molar-refractivity contribution in [2.45, 2.75) is 45.6 Å². The maximum absolute atomic E-state index is 14.5. The van der Waals surface area contributed by atoms with E-state index < -0.39 is 11.7 Å². The summed E-state index contributed by atoms with van der Waals surface area (Å²) in [5, 5.41) is 11.2. The van der Waals surface area contributed by atoms with Crippen molar-refractivity contribution in [1.29, 1.82) is 0 Å². The van der Waals surface area contributed by atoms with Gasteiger partial charge in [0, 0.05) is 29.7 Å². The molecule has 1 aromatic heterocycles. The maximum Gasteiger partial charge on any atom is 0.229 e. The lowest BCUT2D eigenvalue weighted by molar-refractivity contribution is -0.115. The normalized spacial score (nSPS) is 13.2. The first-order valence-corrected chi connectivity index (χ1v) is 10.7. The van der Waals surface area contributed by atoms with E-state index in [4.69, 9.17) is 4.74 Å². The number of rotatable bonds is 6. The Morgan fingerprint density at radius 1 is 1.12 bits per heavy atom. The minimum absolute atomic E-state index is 0.0612. The van der Waals surface area contributed by atoms with E-state index in [9.17, 15) is 14.0 Å². The van der Waals surface area contributed by atoms with Gasteiger partial charge in [-0.15, -0.1) is 10.2 Å². The molecule has 0 saturated heterocycles. The highest BCUT2D eigenvalue weighted by molar-refractivity contribution is 5.96. The highest BCUT2D eigenvalue weighted by Gasteiger charge is 2.18. The third-order valence-corrected chi connectivity index (χ3v) is 5.65. The smallest absolute Gasteiger partial charge is 0.229 e. The van der Waals surface area contributed by atoms with Crippen LogP contribution in [-0.2, 0) is 24.2 Å². The predicted octanol–water partition coefficient (Wildman–Crippen LogP) is 4.20. The number of carbonyl (C=O) groups is 2. The summed E-state index contributed by atoms with van der Waals surface area (Å²) in [6, 6.07) is 9.47. The summed E-state index contributed by atoms with van der Waals surface area (Å²) < 4.78 is 21.9. The monoisotopic (exact) mass is 436 g/mol. The molecule has 2 aromatic carbocycles. The number of nitrogens with one attached hydrogen (secondary N) is 1. The van der Waals surface area contributed by atoms with Crippen LogP contribution in [0.3, 0.4) is 0 Å². The molecule has 0 aliphatic carbocycles. The van der Waals surface area contributed by atoms with Crippen LogP contribution in [0.25, 0.3) is 11.4 Å². The summed E-state index contributed by atoms with van der Waals surface area (Å²) in [7, 11) is 1.49. The van der Waals surface area contributed by atoms with Crippen molar-refractivity contribution < 1.29 is 18.7 Å². The van der Waals surface area contributed by atoms with Crippen LogP contribution in [0.15, 0.2) is 36.4 Å². The molecule has 0 radical (unpaired) electrons. The van der Waals surface area contributed by atoms with E-state index in [0.29, 0.717) is 28.3 Å². The zero-order valence-corrected chi connectivity index (χ0v) is 18.2. The quantitative estimate of drug-likeness (QED) is 0.585. The fraction of sp³-hybridized carbons (Fsp3) is 0.333. The van der Waals surface area contributed by atoms with Crippen molar-refractivity contribution in [1.82, 2.24) is 14.8 Å². The number of halogens is 1. The number of amides is 1. The van der Waals surface area contributed by atoms with Crippen LogP contribution in [0.5, 0.6) is 5.75 Å². The lowest BCUT2D eigenvalue weighted by Crippen LogP contribution is -2.16. The molecule has 1 aliphatic heterocycles. The number of hydrogen-bond donors (Lipinski definition) is 1. The van der Waals surface area contributed by atoms with Crippen LogP contribution in [0.4, 0.5) is 10.1 Å². The Balaban J connectivity index is 1.57. The minimum atomic E-state index is -0.540. The van der Waals surface area contributed by atoms with Gasteiger partial charge in [-0.2, -0.15) is 0 Å². The van der Waals surface area contributed by atoms with Gasteiger partial charge in [0.2, 0.25) is 5.91 Å². The van der Waals surface area contributed by atoms with E-state index >= 15 is 0 Å². The SMILES string of the molecule is COc1ccc(C(C)=O)cc1CC(=O)Nc1cc(-c2nnc3n2CCCCC3)ccc1F. The largest absolute Gasteiger partial charge is 0.496 e. The molecule has 4 rings (SSSR count). The third-order valence-electron chi connectivity index (χ3n) is 5.65. The summed E-state index contributed by atoms with van der Waals surface area (Å²) in [6.45, 7) is 2.28. The van der Waals surface area contributed by atoms with E-state index in [0.717, 1.165) is 38.1 Å². The Morgan fingerprint density at radius 3 is 2.75 bits per heavy atom. The predicted molar refractivity (Wildman–Crippen MR) is 118 cm³/mol. The molecule has 0 fully saturated rings. The lowest BCUT2D eigenvalue weighted by Gasteiger charge is -2.12. The van der Waals surface area contributed by atoms with Gasteiger partial charge in [0.1, 0.15) is 17.4 Å². The number of fused-ring (bicyclic) bond motifs is 1. The number of nitrogens with zero attached hydrogens (tertiary/aromatic N) is 3. The van der Waals surface area contributed by atoms with Gasteiger partial charge in [-0.25, -0.2) is 4.39 Å². The molecule has 3 aromatic rings. The molecule has 2 heterocycles. The summed E-state index contributed by atoms with van der Waals surface area (Å²) >= 11 is 0. The highest BCUT2D eigenvalue weighted by Crippen LogP contribution is 2.27. The number of ether oxygens (including phenoxy) is 1. The maximum atomic E-state index is 14.5. The van der Waals surface area contributed by atoms with Gasteiger partial charge < -0.3 is 14.6 Å². The second-order valence-electron chi connectivity index (χ2n) is 7.90. The van der Waals surface area contributed by atoms with Crippen LogP contribution in [0.2, 0.25) is 0 Å². The number of ketones is 1. The van der Waals surface area contributed by atoms with Crippen LogP contribution in [-0.4, -0.2) is 33.6 Å². The molecule has 0 bridgehead atoms. The van der Waals surface area contributed by atoms with Gasteiger partial charge in [0.15, 0.2) is 11.6 Å². The van der Waals surface area contributed by atoms with Gasteiger partial charge in [-0.3, -0.25) is 9.59 Å². The molecular weight excluding hydrogens is 411 g/mol. The van der Waals surface area contributed by atoms with E-state index in [1.807, 2.05) is 0 Å². The van der Waals surface area contributed by atoms with Crippen molar-refractivity contribution in [3.05, 3.63) is 59.2 Å². The molecule has 7 nitrogen and oxygen atoms in total. The number of benzene rings is 2. The molecular formula is C24H25FN4O3. The number of hydrogen-bond acceptors (Lipinski definition) is 5. The summed E-state index contributed by atoms with van der Waals surface area (Å²) in [6.07, 6.45) is 4.08. The van der Waals surface area contributed by atoms with Crippen LogP contribution in [0.1, 0.15) is 47.9 Å². The molecule has 166 valence electrons. The van der Waals surface area contributed by atoms with Crippen molar-refractivity contribution in [3.63, 3.8) is 0 Å². The number of methoxy groups -OCH3 is 1. The molecule has 32 heavy (non-hydrogen) atoms. The average Bonchev–Trinajstić information content (AvgIpc) is 3.03. The molecule has 0 spiro atoms. The van der Waals surface area contributed by atoms with Crippen LogP contribution >= 0.6 is 0 Å². The van der Waals surface area contributed by atoms with Gasteiger partial charge in [-0.1, -0.05) is 6.42 Å². The van der Waals surface area contributed by atoms with Crippen LogP contribution < -0.4 is 10.1 Å². The van der Waals surface area contributed by atoms with Gasteiger partial charge in [0.25, 0.3) is 0 Å². The van der Waals surface area contributed by atoms with Gasteiger partial charge in [-0.05, 0) is 56.2 Å². The number of aromatic nitrogens is 3. The van der Waals surface area contributed by atoms with E-state index in [1.165, 1.54) is 20.1 Å². The number of Topliss-reactive ketones (excluding diaryl/α,β-unsaturated/α-hetero) is 1. The lowest BCUT2D eigenvalue weighted by atomic mass is 10.0. The fourth-order valence-electron chi connectivity index (χ4n) is 3.96. The first-order chi connectivity index (χ1) is 15.5. The standard InChI is InChI=1S/C24H25FN4O3/c1-15(30)16-8-10-21(32-2)18(12-16)14-23(31)26-20-13-17(7-9-19(20)25)24-28-27-22-6-4-3-5-11-29(22)24/h7-10,12-13H,3-6,11,14H2,1-2H3,(H,26,31). The molecule has 1 aliphatic rings. The zero-order valence-electron chi connectivity index (χ0n) is 18.2. The van der Waals surface area contributed by atoms with Gasteiger partial charge in [0.05, 0.1) is 19.2 Å². The molecule has 0 unspecified atom stereocenters. The fourth-order valence-corrected chi connectivity index (χ4v) is 3.96. The average molecular weight is 436 g/mol. The zero-order chi connectivity index (χ0) is 22.7. The molecule has 1 amide bonds. The number of aryl methyl sites for hydroxylation is 1. The molecule has 0 saturated carbocycles. The Bertz CT molecular complexity index is 1170. The van der Waals surface area contributed by atoms with E-state index in [2.05, 4.69) is 20.1 Å². The molecule has 8 heteroatoms. The Labute approximate surface area is 185 Å². The van der Waals surface area contributed by atoms with Gasteiger partial charge >= 0.3 is 0 Å². The van der Waals surface area contributed by atoms with Crippen molar-refractivity contribution in [2.75, 3.05) is 12.4 Å². The Hall–Kier alpha value is -3.55. The first kappa shape index (κ1) is 21.7. The topological polar surface area (TPSA) is 86.1 Å². The van der Waals surface area contributed by atoms with E-state index in [-0.39, 0.29) is 17.9 Å². The molecule has 1 N–H and O–H groups in total. The van der Waals surface area contributed by atoms with E-state index in [1.54, 1.807) is 30.3 Å². The summed E-state index contributed by atoms with van der Waals surface area (Å²) in [5.41, 5.74) is 1.80. The second-order valence-corrected chi connectivity index (χ2v) is 7.90.